The largest absolute Gasteiger partial charge is 0.397 e. The molecule has 1 aliphatic carbocycles. The lowest BCUT2D eigenvalue weighted by Gasteiger charge is -2.30. The van der Waals surface area contributed by atoms with Crippen molar-refractivity contribution < 1.29 is 18.4 Å². The second kappa shape index (κ2) is 4.01. The van der Waals surface area contributed by atoms with Gasteiger partial charge in [-0.15, -0.1) is 0 Å². The van der Waals surface area contributed by atoms with Crippen molar-refractivity contribution >= 4 is 23.2 Å². The standard InChI is InChI=1S/C13H12F2N2O2/c14-8-3-4-9(16)11(10(8)15)17-12(18)6-1-2-7(5-6)13(17)19/h3-4,6-7H,1-2,5,16H2. The Morgan fingerprint density at radius 3 is 2.26 bits per heavy atom. The van der Waals surface area contributed by atoms with Gasteiger partial charge in [0.2, 0.25) is 11.8 Å². The molecular weight excluding hydrogens is 254 g/mol. The van der Waals surface area contributed by atoms with Crippen LogP contribution in [0, 0.1) is 23.5 Å². The molecule has 0 radical (unpaired) electrons. The van der Waals surface area contributed by atoms with Crippen LogP contribution in [0.25, 0.3) is 0 Å². The van der Waals surface area contributed by atoms with Crippen molar-refractivity contribution in [3.8, 4) is 0 Å². The molecule has 19 heavy (non-hydrogen) atoms. The minimum atomic E-state index is -1.25. The predicted octanol–water partition coefficient (Wildman–Crippen LogP) is 1.84. The molecule has 0 spiro atoms. The average molecular weight is 266 g/mol. The number of benzene rings is 1. The molecule has 2 amide bonds. The smallest absolute Gasteiger partial charge is 0.237 e. The minimum Gasteiger partial charge on any atom is -0.397 e. The number of carbonyl (C=O) groups excluding carboxylic acids is 2. The first-order valence-electron chi connectivity index (χ1n) is 6.12. The van der Waals surface area contributed by atoms with Gasteiger partial charge >= 0.3 is 0 Å². The van der Waals surface area contributed by atoms with E-state index in [1.807, 2.05) is 0 Å². The summed E-state index contributed by atoms with van der Waals surface area (Å²) >= 11 is 0. The van der Waals surface area contributed by atoms with Gasteiger partial charge in [-0.3, -0.25) is 9.59 Å². The van der Waals surface area contributed by atoms with Crippen LogP contribution >= 0.6 is 0 Å². The second-order valence-electron chi connectivity index (χ2n) is 5.02. The fourth-order valence-electron chi connectivity index (χ4n) is 2.91. The fraction of sp³-hybridized carbons (Fsp3) is 0.385. The van der Waals surface area contributed by atoms with E-state index in [9.17, 15) is 18.4 Å². The van der Waals surface area contributed by atoms with Crippen molar-refractivity contribution in [2.45, 2.75) is 19.3 Å². The van der Waals surface area contributed by atoms with Crippen molar-refractivity contribution in [1.29, 1.82) is 0 Å². The number of anilines is 2. The van der Waals surface area contributed by atoms with Gasteiger partial charge < -0.3 is 5.73 Å². The zero-order valence-electron chi connectivity index (χ0n) is 10.0. The Labute approximate surface area is 108 Å². The Kier molecular flexibility index (Phi) is 2.55. The summed E-state index contributed by atoms with van der Waals surface area (Å²) in [5.41, 5.74) is 5.06. The lowest BCUT2D eigenvalue weighted by Crippen LogP contribution is -2.47. The highest BCUT2D eigenvalue weighted by Gasteiger charge is 2.47. The van der Waals surface area contributed by atoms with Crippen LogP contribution in [0.1, 0.15) is 19.3 Å². The third kappa shape index (κ3) is 1.63. The molecule has 1 aliphatic heterocycles. The number of carbonyl (C=O) groups is 2. The molecule has 1 saturated heterocycles. The quantitative estimate of drug-likeness (QED) is 0.623. The van der Waals surface area contributed by atoms with Gasteiger partial charge in [-0.05, 0) is 31.4 Å². The van der Waals surface area contributed by atoms with E-state index in [4.69, 9.17) is 5.73 Å². The van der Waals surface area contributed by atoms with E-state index >= 15 is 0 Å². The number of hydrogen-bond donors (Lipinski definition) is 1. The molecule has 2 N–H and O–H groups in total. The molecule has 100 valence electrons. The molecule has 3 rings (SSSR count). The number of halogens is 2. The summed E-state index contributed by atoms with van der Waals surface area (Å²) in [5.74, 6) is -3.90. The number of piperidine rings is 1. The predicted molar refractivity (Wildman–Crippen MR) is 64.1 cm³/mol. The van der Waals surface area contributed by atoms with Gasteiger partial charge in [-0.25, -0.2) is 13.7 Å². The van der Waals surface area contributed by atoms with Crippen molar-refractivity contribution in [3.63, 3.8) is 0 Å². The minimum absolute atomic E-state index is 0.109. The van der Waals surface area contributed by atoms with E-state index in [1.54, 1.807) is 0 Å². The molecule has 2 aliphatic rings. The summed E-state index contributed by atoms with van der Waals surface area (Å²) in [7, 11) is 0. The summed E-state index contributed by atoms with van der Waals surface area (Å²) in [4.78, 5) is 25.1. The van der Waals surface area contributed by atoms with E-state index in [-0.39, 0.29) is 17.5 Å². The van der Waals surface area contributed by atoms with Gasteiger partial charge in [0.05, 0.1) is 5.69 Å². The zero-order chi connectivity index (χ0) is 13.7. The molecule has 1 aromatic rings. The van der Waals surface area contributed by atoms with E-state index in [1.165, 1.54) is 0 Å². The monoisotopic (exact) mass is 266 g/mol. The number of hydrogen-bond acceptors (Lipinski definition) is 3. The van der Waals surface area contributed by atoms with Crippen molar-refractivity contribution in [2.24, 2.45) is 11.8 Å². The molecule has 2 bridgehead atoms. The summed E-state index contributed by atoms with van der Waals surface area (Å²) in [6.45, 7) is 0. The highest BCUT2D eigenvalue weighted by molar-refractivity contribution is 6.20. The molecule has 2 fully saturated rings. The lowest BCUT2D eigenvalue weighted by molar-refractivity contribution is -0.133. The van der Waals surface area contributed by atoms with Crippen LogP contribution in [-0.2, 0) is 9.59 Å². The maximum absolute atomic E-state index is 13.9. The summed E-state index contributed by atoms with van der Waals surface area (Å²) in [6.07, 6.45) is 1.73. The van der Waals surface area contributed by atoms with Gasteiger partial charge in [-0.1, -0.05) is 0 Å². The molecule has 1 heterocycles. The van der Waals surface area contributed by atoms with Gasteiger partial charge in [0, 0.05) is 11.8 Å². The van der Waals surface area contributed by atoms with Crippen LogP contribution in [0.3, 0.4) is 0 Å². The Hall–Kier alpha value is -1.98. The number of fused-ring (bicyclic) bond motifs is 2. The first kappa shape index (κ1) is 12.1. The first-order valence-corrected chi connectivity index (χ1v) is 6.12. The van der Waals surface area contributed by atoms with Gasteiger partial charge in [0.1, 0.15) is 5.69 Å². The van der Waals surface area contributed by atoms with Crippen molar-refractivity contribution in [1.82, 2.24) is 0 Å². The maximum Gasteiger partial charge on any atom is 0.237 e. The molecule has 1 aromatic carbocycles. The molecule has 2 unspecified atom stereocenters. The number of nitrogens with zero attached hydrogens (tertiary/aromatic N) is 1. The van der Waals surface area contributed by atoms with Crippen LogP contribution in [0.2, 0.25) is 0 Å². The highest BCUT2D eigenvalue weighted by Crippen LogP contribution is 2.42. The normalized spacial score (nSPS) is 26.1. The Morgan fingerprint density at radius 2 is 1.68 bits per heavy atom. The van der Waals surface area contributed by atoms with Gasteiger partial charge in [-0.2, -0.15) is 0 Å². The van der Waals surface area contributed by atoms with Crippen LogP contribution in [0.4, 0.5) is 20.2 Å². The van der Waals surface area contributed by atoms with E-state index < -0.39 is 29.1 Å². The van der Waals surface area contributed by atoms with Crippen LogP contribution < -0.4 is 10.6 Å². The highest BCUT2D eigenvalue weighted by atomic mass is 19.2. The lowest BCUT2D eigenvalue weighted by atomic mass is 9.96. The Balaban J connectivity index is 2.14. The summed E-state index contributed by atoms with van der Waals surface area (Å²) in [6, 6.07) is 2.03. The SMILES string of the molecule is Nc1ccc(F)c(F)c1N1C(=O)C2CCC(C2)C1=O. The van der Waals surface area contributed by atoms with Crippen LogP contribution in [0.5, 0.6) is 0 Å². The number of nitrogens with two attached hydrogens (primary N) is 1. The first-order chi connectivity index (χ1) is 9.00. The van der Waals surface area contributed by atoms with Crippen molar-refractivity contribution in [3.05, 3.63) is 23.8 Å². The number of imide groups is 1. The van der Waals surface area contributed by atoms with Gasteiger partial charge in [0.15, 0.2) is 11.6 Å². The molecule has 4 nitrogen and oxygen atoms in total. The zero-order valence-corrected chi connectivity index (χ0v) is 10.0. The second-order valence-corrected chi connectivity index (χ2v) is 5.02. The Morgan fingerprint density at radius 1 is 1.11 bits per heavy atom. The number of rotatable bonds is 1. The maximum atomic E-state index is 13.9. The molecular formula is C13H12F2N2O2. The van der Waals surface area contributed by atoms with E-state index in [2.05, 4.69) is 0 Å². The van der Waals surface area contributed by atoms with E-state index in [0.29, 0.717) is 19.3 Å². The molecule has 1 saturated carbocycles. The van der Waals surface area contributed by atoms with Crippen LogP contribution in [0.15, 0.2) is 12.1 Å². The summed E-state index contributed by atoms with van der Waals surface area (Å²) in [5, 5.41) is 0. The topological polar surface area (TPSA) is 63.4 Å². The van der Waals surface area contributed by atoms with Gasteiger partial charge in [0.25, 0.3) is 0 Å². The third-order valence-electron chi connectivity index (χ3n) is 3.90. The van der Waals surface area contributed by atoms with Crippen molar-refractivity contribution in [2.75, 3.05) is 10.6 Å². The fourth-order valence-corrected chi connectivity index (χ4v) is 2.91. The third-order valence-corrected chi connectivity index (χ3v) is 3.90. The molecule has 2 atom stereocenters. The Bertz CT molecular complexity index is 566. The molecule has 0 aromatic heterocycles. The van der Waals surface area contributed by atoms with Crippen LogP contribution in [-0.4, -0.2) is 11.8 Å². The number of amides is 2. The summed E-state index contributed by atoms with van der Waals surface area (Å²) < 4.78 is 27.2. The molecule has 6 heteroatoms. The average Bonchev–Trinajstić information content (AvgIpc) is 2.83. The van der Waals surface area contributed by atoms with E-state index in [0.717, 1.165) is 17.0 Å². The number of nitrogen functional groups attached to an aromatic ring is 1.